The number of imidazole rings is 1. The number of aromatic nitrogens is 2. The Kier molecular flexibility index (Phi) is 6.05. The van der Waals surface area contributed by atoms with E-state index in [-0.39, 0.29) is 11.6 Å². The van der Waals surface area contributed by atoms with Crippen molar-refractivity contribution in [2.75, 3.05) is 0 Å². The lowest BCUT2D eigenvalue weighted by Gasteiger charge is -2.21. The number of hydrogen-bond acceptors (Lipinski definition) is 5. The minimum absolute atomic E-state index is 0.120. The molecule has 0 bridgehead atoms. The van der Waals surface area contributed by atoms with Crippen LogP contribution in [0.15, 0.2) is 18.3 Å². The molecule has 2 unspecified atom stereocenters. The minimum atomic E-state index is -2.78. The summed E-state index contributed by atoms with van der Waals surface area (Å²) in [5.74, 6) is -1.46. The van der Waals surface area contributed by atoms with Crippen LogP contribution in [0, 0.1) is 11.3 Å². The third kappa shape index (κ3) is 4.43. The highest BCUT2D eigenvalue weighted by molar-refractivity contribution is 7.14. The second kappa shape index (κ2) is 8.05. The van der Waals surface area contributed by atoms with E-state index in [0.717, 1.165) is 15.9 Å². The van der Waals surface area contributed by atoms with Crippen molar-refractivity contribution < 1.29 is 18.4 Å². The van der Waals surface area contributed by atoms with Crippen molar-refractivity contribution >= 4 is 23.2 Å². The fourth-order valence-corrected chi connectivity index (χ4v) is 2.83. The summed E-state index contributed by atoms with van der Waals surface area (Å²) in [4.78, 5) is 28.8. The van der Waals surface area contributed by atoms with Gasteiger partial charge in [0, 0.05) is 25.3 Å². The zero-order valence-electron chi connectivity index (χ0n) is 14.3. The molecule has 0 aliphatic rings. The normalized spacial score (nSPS) is 13.1. The summed E-state index contributed by atoms with van der Waals surface area (Å²) in [6.45, 7) is 3.37. The quantitative estimate of drug-likeness (QED) is 0.801. The van der Waals surface area contributed by atoms with Gasteiger partial charge >= 0.3 is 0 Å². The Morgan fingerprint density at radius 3 is 2.35 bits per heavy atom. The third-order valence-electron chi connectivity index (χ3n) is 3.75. The Balaban J connectivity index is 1.96. The molecule has 0 spiro atoms. The molecule has 0 aromatic carbocycles. The minimum Gasteiger partial charge on any atom is -0.347 e. The van der Waals surface area contributed by atoms with Gasteiger partial charge in [-0.25, -0.2) is 13.8 Å². The fourth-order valence-electron chi connectivity index (χ4n) is 2.12. The van der Waals surface area contributed by atoms with E-state index >= 15 is 0 Å². The standard InChI is InChI=1S/C16H17F2N5O2S/c1-8(9(2)21-16(25)12-5-4-10(6-19)26-12)20-15(24)11-7-23(3)14(22-11)13(17)18/h4-5,7-9,13H,1-3H3,(H,20,24)(H,21,25). The Morgan fingerprint density at radius 1 is 1.23 bits per heavy atom. The summed E-state index contributed by atoms with van der Waals surface area (Å²) in [6.07, 6.45) is -1.55. The Labute approximate surface area is 152 Å². The Bertz CT molecular complexity index is 855. The summed E-state index contributed by atoms with van der Waals surface area (Å²) in [5, 5.41) is 14.1. The summed E-state index contributed by atoms with van der Waals surface area (Å²) >= 11 is 1.07. The van der Waals surface area contributed by atoms with Gasteiger partial charge in [-0.05, 0) is 26.0 Å². The van der Waals surface area contributed by atoms with Crippen LogP contribution in [0.25, 0.3) is 0 Å². The van der Waals surface area contributed by atoms with Gasteiger partial charge in [0.1, 0.15) is 16.6 Å². The topological polar surface area (TPSA) is 99.8 Å². The van der Waals surface area contributed by atoms with Crippen molar-refractivity contribution in [2.24, 2.45) is 7.05 Å². The maximum Gasteiger partial charge on any atom is 0.295 e. The molecule has 0 radical (unpaired) electrons. The number of amides is 2. The van der Waals surface area contributed by atoms with Crippen LogP contribution in [0.1, 0.15) is 51.1 Å². The molecule has 2 atom stereocenters. The van der Waals surface area contributed by atoms with Crippen molar-refractivity contribution in [1.29, 1.82) is 5.26 Å². The van der Waals surface area contributed by atoms with E-state index in [4.69, 9.17) is 5.26 Å². The van der Waals surface area contributed by atoms with Crippen LogP contribution in [0.3, 0.4) is 0 Å². The van der Waals surface area contributed by atoms with E-state index in [0.29, 0.717) is 9.75 Å². The molecule has 138 valence electrons. The average molecular weight is 381 g/mol. The molecule has 2 rings (SSSR count). The van der Waals surface area contributed by atoms with Crippen molar-refractivity contribution in [3.8, 4) is 6.07 Å². The highest BCUT2D eigenvalue weighted by atomic mass is 32.1. The summed E-state index contributed by atoms with van der Waals surface area (Å²) in [6, 6.07) is 4.15. The molecule has 2 amide bonds. The van der Waals surface area contributed by atoms with Crippen LogP contribution in [0.4, 0.5) is 8.78 Å². The van der Waals surface area contributed by atoms with Gasteiger partial charge in [-0.2, -0.15) is 5.26 Å². The van der Waals surface area contributed by atoms with E-state index in [2.05, 4.69) is 15.6 Å². The van der Waals surface area contributed by atoms with Gasteiger partial charge in [-0.3, -0.25) is 9.59 Å². The SMILES string of the molecule is CC(NC(=O)c1cn(C)c(C(F)F)n1)C(C)NC(=O)c1ccc(C#N)s1. The molecule has 0 aliphatic carbocycles. The van der Waals surface area contributed by atoms with E-state index in [9.17, 15) is 18.4 Å². The number of carbonyl (C=O) groups is 2. The van der Waals surface area contributed by atoms with Crippen molar-refractivity contribution in [2.45, 2.75) is 32.4 Å². The number of halogens is 2. The molecule has 0 saturated heterocycles. The highest BCUT2D eigenvalue weighted by Gasteiger charge is 2.22. The Hall–Kier alpha value is -2.80. The van der Waals surface area contributed by atoms with Gasteiger partial charge in [0.05, 0.1) is 4.88 Å². The molecular formula is C16H17F2N5O2S. The molecule has 2 N–H and O–H groups in total. The lowest BCUT2D eigenvalue weighted by Crippen LogP contribution is -2.48. The second-order valence-electron chi connectivity index (χ2n) is 5.70. The number of carbonyl (C=O) groups excluding carboxylic acids is 2. The van der Waals surface area contributed by atoms with Crippen molar-refractivity contribution in [3.63, 3.8) is 0 Å². The van der Waals surface area contributed by atoms with Gasteiger partial charge in [-0.15, -0.1) is 11.3 Å². The monoisotopic (exact) mass is 381 g/mol. The number of thiophene rings is 1. The van der Waals surface area contributed by atoms with Crippen LogP contribution in [-0.4, -0.2) is 33.4 Å². The van der Waals surface area contributed by atoms with Crippen LogP contribution in [-0.2, 0) is 7.05 Å². The van der Waals surface area contributed by atoms with E-state index in [1.54, 1.807) is 26.0 Å². The largest absolute Gasteiger partial charge is 0.347 e. The predicted octanol–water partition coefficient (Wildman–Crippen LogP) is 2.23. The van der Waals surface area contributed by atoms with Crippen LogP contribution < -0.4 is 10.6 Å². The molecule has 2 aromatic rings. The highest BCUT2D eigenvalue weighted by Crippen LogP contribution is 2.17. The number of rotatable bonds is 6. The van der Waals surface area contributed by atoms with Gasteiger partial charge in [0.2, 0.25) is 0 Å². The first kappa shape index (κ1) is 19.5. The number of nitriles is 1. The molecule has 2 heterocycles. The molecule has 2 aromatic heterocycles. The Morgan fingerprint density at radius 2 is 1.85 bits per heavy atom. The molecule has 0 saturated carbocycles. The first-order valence-electron chi connectivity index (χ1n) is 7.66. The summed E-state index contributed by atoms with van der Waals surface area (Å²) in [5.41, 5.74) is -0.120. The third-order valence-corrected chi connectivity index (χ3v) is 4.74. The number of aryl methyl sites for hydroxylation is 1. The van der Waals surface area contributed by atoms with Crippen LogP contribution in [0.5, 0.6) is 0 Å². The average Bonchev–Trinajstić information content (AvgIpc) is 3.21. The second-order valence-corrected chi connectivity index (χ2v) is 6.78. The number of nitrogens with zero attached hydrogens (tertiary/aromatic N) is 3. The van der Waals surface area contributed by atoms with Crippen molar-refractivity contribution in [3.05, 3.63) is 39.6 Å². The number of hydrogen-bond donors (Lipinski definition) is 2. The molecular weight excluding hydrogens is 364 g/mol. The maximum atomic E-state index is 12.7. The van der Waals surface area contributed by atoms with E-state index in [1.807, 2.05) is 6.07 Å². The van der Waals surface area contributed by atoms with Crippen LogP contribution >= 0.6 is 11.3 Å². The fraction of sp³-hybridized carbons (Fsp3) is 0.375. The van der Waals surface area contributed by atoms with Gasteiger partial charge in [0.25, 0.3) is 18.2 Å². The molecule has 10 heteroatoms. The zero-order chi connectivity index (χ0) is 19.4. The van der Waals surface area contributed by atoms with Gasteiger partial charge < -0.3 is 15.2 Å². The molecule has 0 aliphatic heterocycles. The first-order valence-corrected chi connectivity index (χ1v) is 8.47. The summed E-state index contributed by atoms with van der Waals surface area (Å²) < 4.78 is 26.6. The van der Waals surface area contributed by atoms with E-state index < -0.39 is 30.2 Å². The summed E-state index contributed by atoms with van der Waals surface area (Å²) in [7, 11) is 1.38. The molecule has 7 nitrogen and oxygen atoms in total. The van der Waals surface area contributed by atoms with Crippen LogP contribution in [0.2, 0.25) is 0 Å². The van der Waals surface area contributed by atoms with Gasteiger partial charge in [-0.1, -0.05) is 0 Å². The lowest BCUT2D eigenvalue weighted by molar-refractivity contribution is 0.0890. The lowest BCUT2D eigenvalue weighted by atomic mass is 10.1. The number of alkyl halides is 2. The maximum absolute atomic E-state index is 12.7. The zero-order valence-corrected chi connectivity index (χ0v) is 15.1. The smallest absolute Gasteiger partial charge is 0.295 e. The molecule has 0 fully saturated rings. The first-order chi connectivity index (χ1) is 12.2. The number of nitrogens with one attached hydrogen (secondary N) is 2. The predicted molar refractivity (Wildman–Crippen MR) is 91.1 cm³/mol. The van der Waals surface area contributed by atoms with Gasteiger partial charge in [0.15, 0.2) is 5.82 Å². The van der Waals surface area contributed by atoms with Crippen molar-refractivity contribution in [1.82, 2.24) is 20.2 Å². The molecule has 26 heavy (non-hydrogen) atoms. The van der Waals surface area contributed by atoms with E-state index in [1.165, 1.54) is 13.2 Å².